The van der Waals surface area contributed by atoms with Crippen molar-refractivity contribution in [2.45, 2.75) is 0 Å². The van der Waals surface area contributed by atoms with Crippen LogP contribution in [0.3, 0.4) is 0 Å². The molecule has 1 N–H and O–H groups in total. The van der Waals surface area contributed by atoms with Crippen LogP contribution in [0.2, 0.25) is 10.0 Å². The number of hydrazone groups is 1. The molecule has 0 unspecified atom stereocenters. The number of furan rings is 1. The third-order valence-corrected chi connectivity index (χ3v) is 4.33. The number of amides is 1. The molecule has 1 aromatic heterocycles. The van der Waals surface area contributed by atoms with E-state index in [1.54, 1.807) is 54.6 Å². The summed E-state index contributed by atoms with van der Waals surface area (Å²) in [7, 11) is 1.29. The highest BCUT2D eigenvalue weighted by molar-refractivity contribution is 6.31. The van der Waals surface area contributed by atoms with E-state index in [9.17, 15) is 9.59 Å². The first kappa shape index (κ1) is 21.4. The smallest absolute Gasteiger partial charge is 0.338 e. The molecule has 3 aromatic rings. The number of nitrogens with zero attached hydrogens (tertiary/aromatic N) is 1. The van der Waals surface area contributed by atoms with Gasteiger partial charge in [-0.25, -0.2) is 10.2 Å². The molecule has 0 saturated heterocycles. The van der Waals surface area contributed by atoms with Crippen molar-refractivity contribution in [1.82, 2.24) is 5.43 Å². The Labute approximate surface area is 182 Å². The van der Waals surface area contributed by atoms with Crippen molar-refractivity contribution >= 4 is 41.3 Å². The van der Waals surface area contributed by atoms with Crippen LogP contribution in [-0.2, 0) is 9.53 Å². The number of halogens is 2. The molecule has 0 bridgehead atoms. The van der Waals surface area contributed by atoms with Gasteiger partial charge < -0.3 is 13.9 Å². The van der Waals surface area contributed by atoms with Crippen molar-refractivity contribution in [1.29, 1.82) is 0 Å². The Kier molecular flexibility index (Phi) is 7.11. The SMILES string of the molecule is COC(=O)c1ccc(Cl)cc1-c1ccc(/C=N\NC(=O)COc2ccc(Cl)cc2)o1. The lowest BCUT2D eigenvalue weighted by Gasteiger charge is -2.06. The molecule has 2 aromatic carbocycles. The molecular formula is C21H16Cl2N2O5. The molecule has 9 heteroatoms. The van der Waals surface area contributed by atoms with E-state index >= 15 is 0 Å². The Hall–Kier alpha value is -3.29. The van der Waals surface area contributed by atoms with Crippen molar-refractivity contribution in [3.63, 3.8) is 0 Å². The zero-order valence-corrected chi connectivity index (χ0v) is 17.2. The van der Waals surface area contributed by atoms with E-state index in [1.807, 2.05) is 0 Å². The van der Waals surface area contributed by atoms with Crippen molar-refractivity contribution in [2.24, 2.45) is 5.10 Å². The van der Waals surface area contributed by atoms with Gasteiger partial charge >= 0.3 is 5.97 Å². The van der Waals surface area contributed by atoms with Gasteiger partial charge in [0.1, 0.15) is 17.3 Å². The lowest BCUT2D eigenvalue weighted by atomic mass is 10.1. The fourth-order valence-corrected chi connectivity index (χ4v) is 2.75. The van der Waals surface area contributed by atoms with E-state index < -0.39 is 11.9 Å². The van der Waals surface area contributed by atoms with E-state index in [2.05, 4.69) is 10.5 Å². The number of rotatable bonds is 7. The third-order valence-electron chi connectivity index (χ3n) is 3.84. The average Bonchev–Trinajstić information content (AvgIpc) is 3.21. The summed E-state index contributed by atoms with van der Waals surface area (Å²) >= 11 is 11.8. The van der Waals surface area contributed by atoms with Gasteiger partial charge in [0, 0.05) is 15.6 Å². The fraction of sp³-hybridized carbons (Fsp3) is 0.0952. The number of benzene rings is 2. The number of ether oxygens (including phenoxy) is 2. The zero-order chi connectivity index (χ0) is 21.5. The highest BCUT2D eigenvalue weighted by Gasteiger charge is 2.16. The largest absolute Gasteiger partial charge is 0.484 e. The second-order valence-corrected chi connectivity index (χ2v) is 6.79. The van der Waals surface area contributed by atoms with E-state index in [0.717, 1.165) is 0 Å². The summed E-state index contributed by atoms with van der Waals surface area (Å²) in [6.45, 7) is -0.215. The van der Waals surface area contributed by atoms with E-state index in [0.29, 0.717) is 38.4 Å². The molecule has 3 rings (SSSR count). The predicted octanol–water partition coefficient (Wildman–Crippen LogP) is 4.57. The van der Waals surface area contributed by atoms with Gasteiger partial charge in [-0.15, -0.1) is 0 Å². The second kappa shape index (κ2) is 9.96. The van der Waals surface area contributed by atoms with Crippen LogP contribution >= 0.6 is 23.2 Å². The number of esters is 1. The van der Waals surface area contributed by atoms with Gasteiger partial charge in [0.05, 0.1) is 18.9 Å². The first-order valence-electron chi connectivity index (χ1n) is 8.64. The summed E-state index contributed by atoms with van der Waals surface area (Å²) in [5.41, 5.74) is 3.13. The van der Waals surface area contributed by atoms with Crippen LogP contribution in [-0.4, -0.2) is 31.8 Å². The summed E-state index contributed by atoms with van der Waals surface area (Å²) in [5, 5.41) is 4.85. The summed E-state index contributed by atoms with van der Waals surface area (Å²) < 4.78 is 15.8. The normalized spacial score (nSPS) is 10.8. The van der Waals surface area contributed by atoms with Crippen LogP contribution in [0.5, 0.6) is 5.75 Å². The summed E-state index contributed by atoms with van der Waals surface area (Å²) in [6.07, 6.45) is 1.33. The number of methoxy groups -OCH3 is 1. The minimum absolute atomic E-state index is 0.215. The number of hydrogen-bond donors (Lipinski definition) is 1. The molecular weight excluding hydrogens is 431 g/mol. The zero-order valence-electron chi connectivity index (χ0n) is 15.7. The maximum absolute atomic E-state index is 12.0. The van der Waals surface area contributed by atoms with Crippen molar-refractivity contribution in [2.75, 3.05) is 13.7 Å². The molecule has 154 valence electrons. The Bertz CT molecular complexity index is 1080. The second-order valence-electron chi connectivity index (χ2n) is 5.92. The lowest BCUT2D eigenvalue weighted by molar-refractivity contribution is -0.123. The predicted molar refractivity (Wildman–Crippen MR) is 113 cm³/mol. The quantitative estimate of drug-likeness (QED) is 0.326. The minimum atomic E-state index is -0.513. The highest BCUT2D eigenvalue weighted by Crippen LogP contribution is 2.29. The number of nitrogens with one attached hydrogen (secondary N) is 1. The van der Waals surface area contributed by atoms with Gasteiger partial charge in [-0.05, 0) is 54.6 Å². The monoisotopic (exact) mass is 446 g/mol. The summed E-state index contributed by atoms with van der Waals surface area (Å²) in [5.74, 6) is 0.311. The van der Waals surface area contributed by atoms with Crippen LogP contribution in [0, 0.1) is 0 Å². The Balaban J connectivity index is 1.61. The first-order chi connectivity index (χ1) is 14.5. The van der Waals surface area contributed by atoms with Crippen LogP contribution in [0.25, 0.3) is 11.3 Å². The molecule has 7 nitrogen and oxygen atoms in total. The molecule has 0 radical (unpaired) electrons. The molecule has 0 spiro atoms. The van der Waals surface area contributed by atoms with Gasteiger partial charge in [0.25, 0.3) is 5.91 Å². The summed E-state index contributed by atoms with van der Waals surface area (Å²) in [4.78, 5) is 23.8. The topological polar surface area (TPSA) is 90.1 Å². The van der Waals surface area contributed by atoms with Crippen LogP contribution in [0.1, 0.15) is 16.1 Å². The third kappa shape index (κ3) is 5.62. The van der Waals surface area contributed by atoms with Gasteiger partial charge in [-0.3, -0.25) is 4.79 Å². The molecule has 30 heavy (non-hydrogen) atoms. The number of hydrogen-bond acceptors (Lipinski definition) is 6. The Morgan fingerprint density at radius 2 is 1.80 bits per heavy atom. The first-order valence-corrected chi connectivity index (χ1v) is 9.40. The average molecular weight is 447 g/mol. The van der Waals surface area contributed by atoms with Crippen LogP contribution < -0.4 is 10.2 Å². The number of carbonyl (C=O) groups is 2. The van der Waals surface area contributed by atoms with Crippen LogP contribution in [0.4, 0.5) is 0 Å². The van der Waals surface area contributed by atoms with Gasteiger partial charge in [0.2, 0.25) is 0 Å². The lowest BCUT2D eigenvalue weighted by Crippen LogP contribution is -2.24. The highest BCUT2D eigenvalue weighted by atomic mass is 35.5. The standard InChI is InChI=1S/C21H16Cl2N2O5/c1-28-21(27)17-8-4-14(23)10-18(17)19-9-7-16(30-19)11-24-25-20(26)12-29-15-5-2-13(22)3-6-15/h2-11H,12H2,1H3,(H,25,26)/b24-11-. The van der Waals surface area contributed by atoms with E-state index in [4.69, 9.17) is 37.1 Å². The van der Waals surface area contributed by atoms with E-state index in [-0.39, 0.29) is 6.61 Å². The molecule has 0 saturated carbocycles. The Morgan fingerprint density at radius 3 is 2.53 bits per heavy atom. The maximum atomic E-state index is 12.0. The summed E-state index contributed by atoms with van der Waals surface area (Å²) in [6, 6.07) is 14.7. The Morgan fingerprint density at radius 1 is 1.07 bits per heavy atom. The molecule has 0 aliphatic carbocycles. The molecule has 0 fully saturated rings. The molecule has 0 atom stereocenters. The number of carbonyl (C=O) groups excluding carboxylic acids is 2. The van der Waals surface area contributed by atoms with Gasteiger partial charge in [-0.1, -0.05) is 23.2 Å². The molecule has 1 heterocycles. The van der Waals surface area contributed by atoms with Crippen LogP contribution in [0.15, 0.2) is 64.1 Å². The van der Waals surface area contributed by atoms with Gasteiger partial charge in [0.15, 0.2) is 6.61 Å². The van der Waals surface area contributed by atoms with Crippen molar-refractivity contribution < 1.29 is 23.5 Å². The minimum Gasteiger partial charge on any atom is -0.484 e. The molecule has 0 aliphatic rings. The molecule has 1 amide bonds. The molecule has 0 aliphatic heterocycles. The van der Waals surface area contributed by atoms with Crippen molar-refractivity contribution in [3.8, 4) is 17.1 Å². The maximum Gasteiger partial charge on any atom is 0.338 e. The van der Waals surface area contributed by atoms with E-state index in [1.165, 1.54) is 13.3 Å². The van der Waals surface area contributed by atoms with Crippen molar-refractivity contribution in [3.05, 3.63) is 76.0 Å². The fourth-order valence-electron chi connectivity index (χ4n) is 2.46. The van der Waals surface area contributed by atoms with Gasteiger partial charge in [-0.2, -0.15) is 5.10 Å².